The summed E-state index contributed by atoms with van der Waals surface area (Å²) in [6.07, 6.45) is 0. The normalized spacial score (nSPS) is 11.2. The Hall–Kier alpha value is -3.56. The number of benzene rings is 1. The molecule has 0 unspecified atom stereocenters. The van der Waals surface area contributed by atoms with Gasteiger partial charge in [0.25, 0.3) is 5.56 Å². The highest BCUT2D eigenvalue weighted by Crippen LogP contribution is 2.19. The van der Waals surface area contributed by atoms with Gasteiger partial charge in [-0.3, -0.25) is 9.78 Å². The number of nitrogens with one attached hydrogen (secondary N) is 1. The highest BCUT2D eigenvalue weighted by molar-refractivity contribution is 6.00. The molecule has 0 atom stereocenters. The van der Waals surface area contributed by atoms with Crippen molar-refractivity contribution in [2.45, 2.75) is 6.92 Å². The van der Waals surface area contributed by atoms with Gasteiger partial charge >= 0.3 is 5.69 Å². The monoisotopic (exact) mass is 332 g/mol. The van der Waals surface area contributed by atoms with Crippen LogP contribution in [0.5, 0.6) is 11.6 Å². The summed E-state index contributed by atoms with van der Waals surface area (Å²) in [6.45, 7) is 1.42. The zero-order valence-electron chi connectivity index (χ0n) is 13.0. The second kappa shape index (κ2) is 6.69. The fourth-order valence-electron chi connectivity index (χ4n) is 2.00. The molecule has 0 aliphatic rings. The molecule has 0 fully saturated rings. The van der Waals surface area contributed by atoms with Crippen LogP contribution < -0.4 is 27.5 Å². The summed E-state index contributed by atoms with van der Waals surface area (Å²) >= 11 is 0. The molecule has 0 saturated heterocycles. The number of hydrogen-bond acceptors (Lipinski definition) is 6. The van der Waals surface area contributed by atoms with Crippen LogP contribution in [-0.2, 0) is 0 Å². The van der Waals surface area contributed by atoms with E-state index in [-0.39, 0.29) is 17.2 Å². The number of ether oxygens (including phenoxy) is 1. The van der Waals surface area contributed by atoms with E-state index in [9.17, 15) is 14.7 Å². The maximum Gasteiger partial charge on any atom is 0.335 e. The molecule has 2 aromatic rings. The van der Waals surface area contributed by atoms with Crippen molar-refractivity contribution in [3.05, 3.63) is 50.7 Å². The molecule has 1 aromatic carbocycles. The number of guanidine groups is 1. The predicted molar refractivity (Wildman–Crippen MR) is 88.9 cm³/mol. The van der Waals surface area contributed by atoms with Gasteiger partial charge in [-0.2, -0.15) is 5.10 Å². The van der Waals surface area contributed by atoms with Crippen molar-refractivity contribution in [1.82, 2.24) is 9.55 Å². The summed E-state index contributed by atoms with van der Waals surface area (Å²) in [5.41, 5.74) is 8.86. The van der Waals surface area contributed by atoms with Gasteiger partial charge in [0.2, 0.25) is 11.8 Å². The fourth-order valence-corrected chi connectivity index (χ4v) is 2.00. The van der Waals surface area contributed by atoms with E-state index in [0.717, 1.165) is 4.57 Å². The zero-order chi connectivity index (χ0) is 17.9. The predicted octanol–water partition coefficient (Wildman–Crippen LogP) is -0.763. The second-order valence-electron chi connectivity index (χ2n) is 4.70. The molecule has 0 amide bonds. The average molecular weight is 332 g/mol. The molecule has 10 nitrogen and oxygen atoms in total. The maximum absolute atomic E-state index is 12.1. The maximum atomic E-state index is 12.1. The molecular weight excluding hydrogens is 316 g/mol. The standard InChI is InChI=1S/C14H16N6O4/c1-7(18-19-13(15)16)10-11(21)17-14(23)20(12(10)22)8-3-5-9(24-2)6-4-8/h3-6,22H,1-2H3,(H4,15,16,19)(H,17,21,23)/b18-7+. The van der Waals surface area contributed by atoms with E-state index in [2.05, 4.69) is 15.2 Å². The van der Waals surface area contributed by atoms with Crippen molar-refractivity contribution in [2.75, 3.05) is 7.11 Å². The van der Waals surface area contributed by atoms with Crippen LogP contribution in [0, 0.1) is 0 Å². The lowest BCUT2D eigenvalue weighted by Gasteiger charge is -2.11. The topological polar surface area (TPSA) is 161 Å². The van der Waals surface area contributed by atoms with Crippen molar-refractivity contribution in [3.63, 3.8) is 0 Å². The Labute approximate surface area is 135 Å². The molecule has 0 bridgehead atoms. The average Bonchev–Trinajstić information content (AvgIpc) is 2.53. The van der Waals surface area contributed by atoms with Crippen LogP contribution >= 0.6 is 0 Å². The SMILES string of the molecule is COc1ccc(-n2c(O)c(/C(C)=N/N=C(N)N)c(=O)[nH]c2=O)cc1. The lowest BCUT2D eigenvalue weighted by Crippen LogP contribution is -2.32. The van der Waals surface area contributed by atoms with Gasteiger partial charge in [0, 0.05) is 0 Å². The summed E-state index contributed by atoms with van der Waals surface area (Å²) in [5, 5.41) is 17.5. The van der Waals surface area contributed by atoms with E-state index in [1.165, 1.54) is 14.0 Å². The number of aromatic amines is 1. The summed E-state index contributed by atoms with van der Waals surface area (Å²) in [5.74, 6) is -0.323. The highest BCUT2D eigenvalue weighted by Gasteiger charge is 2.18. The van der Waals surface area contributed by atoms with Crippen molar-refractivity contribution in [3.8, 4) is 17.3 Å². The van der Waals surface area contributed by atoms with Gasteiger partial charge in [0.05, 0.1) is 18.5 Å². The Balaban J connectivity index is 2.68. The van der Waals surface area contributed by atoms with E-state index in [1.54, 1.807) is 24.3 Å². The lowest BCUT2D eigenvalue weighted by atomic mass is 10.2. The molecule has 24 heavy (non-hydrogen) atoms. The number of aromatic nitrogens is 2. The highest BCUT2D eigenvalue weighted by atomic mass is 16.5. The summed E-state index contributed by atoms with van der Waals surface area (Å²) in [7, 11) is 1.50. The molecule has 1 heterocycles. The first kappa shape index (κ1) is 16.8. The van der Waals surface area contributed by atoms with Crippen LogP contribution in [0.25, 0.3) is 5.69 Å². The van der Waals surface area contributed by atoms with Gasteiger partial charge in [-0.05, 0) is 31.2 Å². The Morgan fingerprint density at radius 1 is 1.21 bits per heavy atom. The largest absolute Gasteiger partial charge is 0.497 e. The lowest BCUT2D eigenvalue weighted by molar-refractivity contribution is 0.414. The number of rotatable bonds is 4. The number of H-pyrrole nitrogens is 1. The van der Waals surface area contributed by atoms with Crippen LogP contribution in [0.4, 0.5) is 0 Å². The molecule has 2 rings (SSSR count). The van der Waals surface area contributed by atoms with Crippen molar-refractivity contribution >= 4 is 11.7 Å². The molecule has 1 aromatic heterocycles. The third-order valence-corrected chi connectivity index (χ3v) is 3.09. The summed E-state index contributed by atoms with van der Waals surface area (Å²) in [6, 6.07) is 6.30. The van der Waals surface area contributed by atoms with Gasteiger partial charge in [0.15, 0.2) is 0 Å². The molecule has 0 spiro atoms. The Kier molecular flexibility index (Phi) is 4.68. The Morgan fingerprint density at radius 2 is 1.83 bits per heavy atom. The Morgan fingerprint density at radius 3 is 2.38 bits per heavy atom. The minimum atomic E-state index is -0.811. The Bertz CT molecular complexity index is 920. The van der Waals surface area contributed by atoms with E-state index in [1.807, 2.05) is 0 Å². The van der Waals surface area contributed by atoms with Crippen LogP contribution in [0.3, 0.4) is 0 Å². The molecule has 0 radical (unpaired) electrons. The first-order chi connectivity index (χ1) is 11.3. The minimum Gasteiger partial charge on any atom is -0.497 e. The van der Waals surface area contributed by atoms with E-state index in [4.69, 9.17) is 16.2 Å². The van der Waals surface area contributed by atoms with Crippen molar-refractivity contribution in [2.24, 2.45) is 21.7 Å². The molecule has 0 aliphatic heterocycles. The van der Waals surface area contributed by atoms with Crippen LogP contribution in [0.15, 0.2) is 44.1 Å². The first-order valence-corrected chi connectivity index (χ1v) is 6.71. The second-order valence-corrected chi connectivity index (χ2v) is 4.70. The number of methoxy groups -OCH3 is 1. The fraction of sp³-hybridized carbons (Fsp3) is 0.143. The number of hydrogen-bond donors (Lipinski definition) is 4. The van der Waals surface area contributed by atoms with E-state index >= 15 is 0 Å². The quantitative estimate of drug-likeness (QED) is 0.327. The van der Waals surface area contributed by atoms with Gasteiger partial charge in [-0.15, -0.1) is 5.10 Å². The van der Waals surface area contributed by atoms with Crippen LogP contribution in [0.2, 0.25) is 0 Å². The minimum absolute atomic E-state index is 0.0319. The van der Waals surface area contributed by atoms with Gasteiger partial charge in [-0.1, -0.05) is 0 Å². The van der Waals surface area contributed by atoms with Crippen LogP contribution in [0.1, 0.15) is 12.5 Å². The van der Waals surface area contributed by atoms with Gasteiger partial charge in [-0.25, -0.2) is 9.36 Å². The van der Waals surface area contributed by atoms with E-state index in [0.29, 0.717) is 11.4 Å². The third kappa shape index (κ3) is 3.27. The molecule has 126 valence electrons. The van der Waals surface area contributed by atoms with Crippen molar-refractivity contribution < 1.29 is 9.84 Å². The number of nitrogens with zero attached hydrogens (tertiary/aromatic N) is 3. The summed E-state index contributed by atoms with van der Waals surface area (Å²) < 4.78 is 5.96. The molecule has 0 saturated carbocycles. The third-order valence-electron chi connectivity index (χ3n) is 3.09. The molecule has 6 N–H and O–H groups in total. The van der Waals surface area contributed by atoms with Gasteiger partial charge in [0.1, 0.15) is 11.3 Å². The number of nitrogens with two attached hydrogens (primary N) is 2. The molecule has 0 aliphatic carbocycles. The zero-order valence-corrected chi connectivity index (χ0v) is 13.0. The molecular formula is C14H16N6O4. The van der Waals surface area contributed by atoms with Gasteiger partial charge < -0.3 is 21.3 Å². The van der Waals surface area contributed by atoms with Crippen LogP contribution in [-0.4, -0.2) is 33.4 Å². The van der Waals surface area contributed by atoms with E-state index < -0.39 is 17.1 Å². The first-order valence-electron chi connectivity index (χ1n) is 6.71. The summed E-state index contributed by atoms with van der Waals surface area (Å²) in [4.78, 5) is 26.2. The number of aromatic hydroxyl groups is 1. The van der Waals surface area contributed by atoms with Crippen molar-refractivity contribution in [1.29, 1.82) is 0 Å². The molecule has 10 heteroatoms. The smallest absolute Gasteiger partial charge is 0.335 e.